The molecule has 8 rings (SSSR count). The Hall–Kier alpha value is -5.92. The number of hydroxylamine groups is 2. The lowest BCUT2D eigenvalue weighted by atomic mass is 9.91. The Kier molecular flexibility index (Phi) is 13.3. The molecule has 0 radical (unpaired) electrons. The van der Waals surface area contributed by atoms with Crippen molar-refractivity contribution in [2.45, 2.75) is 101 Å². The third-order valence-electron chi connectivity index (χ3n) is 12.0. The van der Waals surface area contributed by atoms with E-state index >= 15 is 0 Å². The molecule has 4 heterocycles. The van der Waals surface area contributed by atoms with Crippen LogP contribution in [0.2, 0.25) is 0 Å². The predicted octanol–water partition coefficient (Wildman–Crippen LogP) is 3.84. The number of aliphatic carboxylic acids is 1. The Labute approximate surface area is 367 Å². The topological polar surface area (TPSA) is 250 Å². The number of aliphatic hydroxyl groups excluding tert-OH is 4. The molecule has 4 aliphatic rings. The van der Waals surface area contributed by atoms with Crippen LogP contribution >= 0.6 is 0 Å². The van der Waals surface area contributed by atoms with Gasteiger partial charge in [0.1, 0.15) is 35.6 Å². The van der Waals surface area contributed by atoms with E-state index in [-0.39, 0.29) is 52.5 Å². The number of carbonyl (C=O) groups excluding carboxylic acids is 1. The minimum absolute atomic E-state index is 0.0307. The molecule has 1 aromatic heterocycles. The van der Waals surface area contributed by atoms with Gasteiger partial charge < -0.3 is 54.6 Å². The van der Waals surface area contributed by atoms with Gasteiger partial charge in [0.2, 0.25) is 12.6 Å². The molecule has 7 N–H and O–H groups in total. The minimum Gasteiger partial charge on any atom is -0.508 e. The van der Waals surface area contributed by atoms with Crippen LogP contribution in [0, 0.1) is 19.8 Å². The van der Waals surface area contributed by atoms with Gasteiger partial charge in [-0.15, -0.1) is 0 Å². The van der Waals surface area contributed by atoms with Gasteiger partial charge in [-0.3, -0.25) is 24.2 Å². The molecular formula is C47H51N3O14. The third kappa shape index (κ3) is 9.32. The Bertz CT molecular complexity index is 2510. The molecule has 1 aliphatic carbocycles. The summed E-state index contributed by atoms with van der Waals surface area (Å²) in [7, 11) is 0. The van der Waals surface area contributed by atoms with Gasteiger partial charge in [0.05, 0.1) is 28.9 Å². The minimum atomic E-state index is -2.33. The molecule has 0 bridgehead atoms. The molecule has 1 saturated heterocycles. The number of hydrogen-bond donors (Lipinski definition) is 7. The van der Waals surface area contributed by atoms with Crippen molar-refractivity contribution in [1.82, 2.24) is 10.4 Å². The molecule has 338 valence electrons. The monoisotopic (exact) mass is 881 g/mol. The number of phenols is 1. The van der Waals surface area contributed by atoms with Gasteiger partial charge in [-0.05, 0) is 81.1 Å². The van der Waals surface area contributed by atoms with Crippen LogP contribution in [0.25, 0.3) is 27.8 Å². The lowest BCUT2D eigenvalue weighted by Gasteiger charge is -2.44. The summed E-state index contributed by atoms with van der Waals surface area (Å²) in [6.45, 7) is 3.65. The number of benzene rings is 3. The summed E-state index contributed by atoms with van der Waals surface area (Å²) in [6, 6.07) is 15.1. The molecule has 3 aliphatic heterocycles. The Morgan fingerprint density at radius 1 is 0.969 bits per heavy atom. The number of fused-ring (bicyclic) bond motifs is 2. The molecule has 64 heavy (non-hydrogen) atoms. The number of aromatic hydroxyl groups is 1. The van der Waals surface area contributed by atoms with Crippen LogP contribution in [0.4, 0.5) is 0 Å². The maximum Gasteiger partial charge on any atom is 0.324 e. The van der Waals surface area contributed by atoms with Gasteiger partial charge >= 0.3 is 11.9 Å². The van der Waals surface area contributed by atoms with E-state index in [1.165, 1.54) is 41.7 Å². The second kappa shape index (κ2) is 19.0. The number of esters is 1. The van der Waals surface area contributed by atoms with Crippen molar-refractivity contribution in [3.63, 3.8) is 0 Å². The highest BCUT2D eigenvalue weighted by atomic mass is 16.8. The fourth-order valence-corrected chi connectivity index (χ4v) is 8.90. The number of carboxylic acid groups (broad SMARTS) is 1. The van der Waals surface area contributed by atoms with E-state index in [9.17, 15) is 45.0 Å². The molecule has 1 saturated carbocycles. The first-order chi connectivity index (χ1) is 30.8. The van der Waals surface area contributed by atoms with Crippen LogP contribution in [0.3, 0.4) is 0 Å². The van der Waals surface area contributed by atoms with Crippen molar-refractivity contribution >= 4 is 34.8 Å². The summed E-state index contributed by atoms with van der Waals surface area (Å²) in [4.78, 5) is 50.8. The molecule has 3 aromatic carbocycles. The predicted molar refractivity (Wildman–Crippen MR) is 231 cm³/mol. The number of carboxylic acids is 1. The smallest absolute Gasteiger partial charge is 0.324 e. The Morgan fingerprint density at radius 2 is 1.70 bits per heavy atom. The highest BCUT2D eigenvalue weighted by Gasteiger charge is 2.52. The molecule has 4 aromatic rings. The molecule has 17 nitrogen and oxygen atoms in total. The maximum atomic E-state index is 13.6. The number of ether oxygens (including phenoxy) is 3. The first-order valence-corrected chi connectivity index (χ1v) is 21.3. The first-order valence-electron chi connectivity index (χ1n) is 21.3. The average Bonchev–Trinajstić information content (AvgIpc) is 3.85. The summed E-state index contributed by atoms with van der Waals surface area (Å²) in [5, 5.41) is 69.5. The van der Waals surface area contributed by atoms with Crippen LogP contribution in [-0.4, -0.2) is 116 Å². The largest absolute Gasteiger partial charge is 0.508 e. The summed E-state index contributed by atoms with van der Waals surface area (Å²) < 4.78 is 23.6. The zero-order chi connectivity index (χ0) is 45.2. The average molecular weight is 882 g/mol. The summed E-state index contributed by atoms with van der Waals surface area (Å²) in [6.07, 6.45) is -2.29. The van der Waals surface area contributed by atoms with Gasteiger partial charge in [-0.1, -0.05) is 48.6 Å². The Balaban J connectivity index is 1.09. The number of nitrogens with one attached hydrogen (secondary N) is 1. The number of rotatable bonds is 15. The van der Waals surface area contributed by atoms with Crippen molar-refractivity contribution < 1.29 is 63.7 Å². The van der Waals surface area contributed by atoms with Crippen molar-refractivity contribution in [1.29, 1.82) is 0 Å². The highest BCUT2D eigenvalue weighted by Crippen LogP contribution is 2.40. The lowest BCUT2D eigenvalue weighted by molar-refractivity contribution is -0.344. The van der Waals surface area contributed by atoms with E-state index in [1.807, 2.05) is 38.1 Å². The molecule has 0 amide bonds. The van der Waals surface area contributed by atoms with E-state index in [0.717, 1.165) is 54.4 Å². The summed E-state index contributed by atoms with van der Waals surface area (Å²) in [5.74, 6) is -4.70. The fraction of sp³-hybridized carbons (Fsp3) is 0.404. The van der Waals surface area contributed by atoms with Crippen LogP contribution in [0.5, 0.6) is 11.5 Å². The van der Waals surface area contributed by atoms with E-state index in [1.54, 1.807) is 18.3 Å². The number of aliphatic imine (C=N–C) groups is 1. The normalized spacial score (nSPS) is 23.8. The number of carbonyl (C=O) groups is 2. The zero-order valence-electron chi connectivity index (χ0n) is 35.2. The van der Waals surface area contributed by atoms with Crippen molar-refractivity contribution in [2.24, 2.45) is 10.9 Å². The number of phenolic OH excluding ortho intramolecular Hbond substituents is 1. The molecule has 0 spiro atoms. The van der Waals surface area contributed by atoms with Crippen molar-refractivity contribution in [3.8, 4) is 22.6 Å². The van der Waals surface area contributed by atoms with Gasteiger partial charge in [0.25, 0.3) is 0 Å². The van der Waals surface area contributed by atoms with E-state index in [2.05, 4.69) is 10.3 Å². The molecule has 2 fully saturated rings. The van der Waals surface area contributed by atoms with E-state index in [4.69, 9.17) is 23.5 Å². The number of nitrogens with zero attached hydrogens (tertiary/aromatic N) is 2. The van der Waals surface area contributed by atoms with Gasteiger partial charge in [0, 0.05) is 42.1 Å². The number of hydrogen-bond acceptors (Lipinski definition) is 16. The first kappa shape index (κ1) is 44.7. The number of allylic oxidation sites excluding steroid dienone is 1. The lowest BCUT2D eigenvalue weighted by Crippen LogP contribution is -2.64. The van der Waals surface area contributed by atoms with Crippen LogP contribution < -0.4 is 15.5 Å². The quantitative estimate of drug-likeness (QED) is 0.0509. The van der Waals surface area contributed by atoms with Crippen LogP contribution in [-0.2, 0) is 23.9 Å². The number of aryl methyl sites for hydroxylation is 2. The molecular weight excluding hydrogens is 831 g/mol. The standard InChI is InChI=1S/C47H51N3O14/c1-24-18-25(2)20-28(19-24)38-37-27(14-16-48-37)22-50(38)64-43-41(55)40(54)42(46(59)63-45(58)36(44(56)57)34(15-17-51)49-29-6-4-3-5-7-29)62-47(43)61-31-12-13-32-35(21-31)60-23-33(39(32)53)26-8-10-30(52)11-9-26/h8-14,16,18-21,23,29,34,36,40-43,46-47,49,51-52,54-55,59H,3-7,15,17,22H2,1-2H3,(H,56,57)/t34-,36-,40+,41+,42+,43-,46-,47-/m0/s1. The van der Waals surface area contributed by atoms with Crippen LogP contribution in [0.15, 0.2) is 98.5 Å². The number of aliphatic hydroxyl groups is 4. The fourth-order valence-electron chi connectivity index (χ4n) is 8.90. The second-order valence-electron chi connectivity index (χ2n) is 16.7. The van der Waals surface area contributed by atoms with Gasteiger partial charge in [-0.25, -0.2) is 5.06 Å². The summed E-state index contributed by atoms with van der Waals surface area (Å²) >= 11 is 0. The summed E-state index contributed by atoms with van der Waals surface area (Å²) in [5.41, 5.74) is 5.25. The zero-order valence-corrected chi connectivity index (χ0v) is 35.2. The second-order valence-corrected chi connectivity index (χ2v) is 16.7. The molecule has 17 heteroatoms. The molecule has 0 unspecified atom stereocenters. The Morgan fingerprint density at radius 3 is 2.41 bits per heavy atom. The highest BCUT2D eigenvalue weighted by molar-refractivity contribution is 5.95. The molecule has 8 atom stereocenters. The maximum absolute atomic E-state index is 13.6. The van der Waals surface area contributed by atoms with E-state index in [0.29, 0.717) is 17.0 Å². The van der Waals surface area contributed by atoms with Gasteiger partial charge in [0.15, 0.2) is 23.6 Å². The van der Waals surface area contributed by atoms with E-state index < -0.39 is 67.5 Å². The van der Waals surface area contributed by atoms with Crippen molar-refractivity contribution in [2.75, 3.05) is 13.2 Å². The SMILES string of the molecule is Cc1cc(C)cc(C2=C3N=CC=C3CN2O[C@@H]2[C@@H](Oc3ccc4c(=O)c(-c5ccc(O)cc5)coc4c3)O[C@@H]([C@@H](O)OC(=O)[C@H](C(=O)O)[C@H](CCO)NC3CCCCC3)[C@H](O)[C@H]2O)c1. The van der Waals surface area contributed by atoms with Crippen LogP contribution in [0.1, 0.15) is 55.2 Å². The third-order valence-corrected chi connectivity index (χ3v) is 12.0. The van der Waals surface area contributed by atoms with Crippen molar-refractivity contribution in [3.05, 3.63) is 111 Å². The van der Waals surface area contributed by atoms with Gasteiger partial charge in [-0.2, -0.15) is 0 Å².